The molecular weight excluding hydrogens is 376 g/mol. The van der Waals surface area contributed by atoms with E-state index in [0.29, 0.717) is 27.1 Å². The summed E-state index contributed by atoms with van der Waals surface area (Å²) in [6.45, 7) is 19.7. The summed E-state index contributed by atoms with van der Waals surface area (Å²) in [6, 6.07) is 0. The molecule has 0 bridgehead atoms. The number of fused-ring (bicyclic) bond motifs is 6. The molecule has 10 unspecified atom stereocenters. The van der Waals surface area contributed by atoms with Gasteiger partial charge in [-0.2, -0.15) is 0 Å². The summed E-state index contributed by atoms with van der Waals surface area (Å²) in [7, 11) is 0. The average Bonchev–Trinajstić information content (AvgIpc) is 3.17. The van der Waals surface area contributed by atoms with Crippen LogP contribution in [0.2, 0.25) is 0 Å². The second-order valence-electron chi connectivity index (χ2n) is 15.2. The van der Waals surface area contributed by atoms with E-state index in [-0.39, 0.29) is 5.60 Å². The van der Waals surface area contributed by atoms with Crippen LogP contribution in [0.5, 0.6) is 0 Å². The van der Waals surface area contributed by atoms with Gasteiger partial charge in [0.15, 0.2) is 0 Å². The first-order valence-corrected chi connectivity index (χ1v) is 14.1. The van der Waals surface area contributed by atoms with E-state index in [1.165, 1.54) is 70.6 Å². The van der Waals surface area contributed by atoms with Crippen LogP contribution in [0.25, 0.3) is 0 Å². The highest BCUT2D eigenvalue weighted by atomic mass is 16.5. The summed E-state index contributed by atoms with van der Waals surface area (Å²) in [6.07, 6.45) is 16.0. The Balaban J connectivity index is 1.41. The maximum Gasteiger partial charge on any atom is 0.0770 e. The Bertz CT molecular complexity index is 770. The number of hydrogen-bond donors (Lipinski definition) is 0. The number of rotatable bonds is 0. The molecule has 1 aliphatic heterocycles. The highest BCUT2D eigenvalue weighted by molar-refractivity contribution is 5.24. The normalized spacial score (nSPS) is 62.2. The Kier molecular flexibility index (Phi) is 4.26. The van der Waals surface area contributed by atoms with Crippen molar-refractivity contribution in [3.05, 3.63) is 0 Å². The fraction of sp³-hybridized carbons (Fsp3) is 1.00. The Morgan fingerprint density at radius 2 is 1.29 bits per heavy atom. The van der Waals surface area contributed by atoms with Crippen LogP contribution in [-0.4, -0.2) is 12.2 Å². The van der Waals surface area contributed by atoms with E-state index in [9.17, 15) is 0 Å². The maximum atomic E-state index is 6.88. The highest BCUT2D eigenvalue weighted by Crippen LogP contribution is 2.79. The van der Waals surface area contributed by atoms with Gasteiger partial charge < -0.3 is 4.74 Å². The van der Waals surface area contributed by atoms with E-state index in [2.05, 4.69) is 48.5 Å². The standard InChI is InChI=1S/C30H50O/c1-20-19-31-30-18-17-28(6)24(29(30,7)15-11-21(20)30)10-9-23-26(4)14-8-13-25(2,3)22(26)12-16-27(23,28)5/h20-24H,8-19H2,1-7H3. The van der Waals surface area contributed by atoms with Crippen LogP contribution < -0.4 is 0 Å². The monoisotopic (exact) mass is 426 g/mol. The minimum absolute atomic E-state index is 0.216. The fourth-order valence-corrected chi connectivity index (χ4v) is 12.7. The van der Waals surface area contributed by atoms with Crippen molar-refractivity contribution in [1.29, 1.82) is 0 Å². The summed E-state index contributed by atoms with van der Waals surface area (Å²) < 4.78 is 6.88. The van der Waals surface area contributed by atoms with Crippen LogP contribution in [-0.2, 0) is 4.74 Å². The first-order chi connectivity index (χ1) is 14.4. The molecule has 1 heterocycles. The van der Waals surface area contributed by atoms with Crippen LogP contribution in [0.15, 0.2) is 0 Å². The average molecular weight is 427 g/mol. The first kappa shape index (κ1) is 21.5. The van der Waals surface area contributed by atoms with Gasteiger partial charge in [-0.15, -0.1) is 0 Å². The minimum atomic E-state index is 0.216. The van der Waals surface area contributed by atoms with E-state index < -0.39 is 0 Å². The predicted octanol–water partition coefficient (Wildman–Crippen LogP) is 8.27. The van der Waals surface area contributed by atoms with E-state index in [0.717, 1.165) is 36.2 Å². The lowest BCUT2D eigenvalue weighted by atomic mass is 9.31. The molecule has 1 heteroatoms. The molecule has 31 heavy (non-hydrogen) atoms. The molecule has 10 atom stereocenters. The Morgan fingerprint density at radius 3 is 2.06 bits per heavy atom. The highest BCUT2D eigenvalue weighted by Gasteiger charge is 2.75. The van der Waals surface area contributed by atoms with Gasteiger partial charge in [0.05, 0.1) is 12.2 Å². The van der Waals surface area contributed by atoms with Gasteiger partial charge in [-0.3, -0.25) is 0 Å². The predicted molar refractivity (Wildman–Crippen MR) is 129 cm³/mol. The van der Waals surface area contributed by atoms with Crippen molar-refractivity contribution in [1.82, 2.24) is 0 Å². The topological polar surface area (TPSA) is 9.23 Å². The first-order valence-electron chi connectivity index (χ1n) is 14.1. The van der Waals surface area contributed by atoms with Gasteiger partial charge in [0.2, 0.25) is 0 Å². The molecule has 5 saturated carbocycles. The van der Waals surface area contributed by atoms with Crippen molar-refractivity contribution in [2.45, 2.75) is 125 Å². The summed E-state index contributed by atoms with van der Waals surface area (Å²) in [5, 5.41) is 0. The molecule has 6 fully saturated rings. The molecular formula is C30H50O. The zero-order valence-electron chi connectivity index (χ0n) is 21.8. The van der Waals surface area contributed by atoms with Gasteiger partial charge in [0, 0.05) is 5.41 Å². The molecule has 0 radical (unpaired) electrons. The van der Waals surface area contributed by atoms with Gasteiger partial charge in [-0.25, -0.2) is 0 Å². The van der Waals surface area contributed by atoms with E-state index in [1.807, 2.05) is 0 Å². The van der Waals surface area contributed by atoms with Crippen molar-refractivity contribution in [2.24, 2.45) is 56.7 Å². The maximum absolute atomic E-state index is 6.88. The molecule has 0 N–H and O–H groups in total. The zero-order valence-corrected chi connectivity index (χ0v) is 21.8. The van der Waals surface area contributed by atoms with Crippen LogP contribution in [0, 0.1) is 56.7 Å². The lowest BCUT2D eigenvalue weighted by Gasteiger charge is -2.74. The molecule has 0 aromatic rings. The molecule has 0 aromatic carbocycles. The van der Waals surface area contributed by atoms with Crippen molar-refractivity contribution < 1.29 is 4.74 Å². The lowest BCUT2D eigenvalue weighted by molar-refractivity contribution is -0.268. The molecule has 1 spiro atoms. The van der Waals surface area contributed by atoms with Crippen LogP contribution in [0.4, 0.5) is 0 Å². The molecule has 0 amide bonds. The van der Waals surface area contributed by atoms with Crippen molar-refractivity contribution >= 4 is 0 Å². The van der Waals surface area contributed by atoms with E-state index in [1.54, 1.807) is 0 Å². The van der Waals surface area contributed by atoms with Gasteiger partial charge in [-0.1, -0.05) is 54.9 Å². The van der Waals surface area contributed by atoms with E-state index >= 15 is 0 Å². The van der Waals surface area contributed by atoms with Crippen molar-refractivity contribution in [2.75, 3.05) is 6.61 Å². The Labute approximate surface area is 192 Å². The Hall–Kier alpha value is -0.0400. The molecule has 176 valence electrons. The molecule has 6 rings (SSSR count). The largest absolute Gasteiger partial charge is 0.374 e. The van der Waals surface area contributed by atoms with Gasteiger partial charge in [0.1, 0.15) is 0 Å². The SMILES string of the molecule is CC1COC23CCC4(C)C(CCC5C6(C)CCCC(C)(C)C6CCC54C)C2(C)CCC13. The van der Waals surface area contributed by atoms with Crippen LogP contribution in [0.1, 0.15) is 119 Å². The lowest BCUT2D eigenvalue weighted by Crippen LogP contribution is -2.68. The summed E-state index contributed by atoms with van der Waals surface area (Å²) in [4.78, 5) is 0. The summed E-state index contributed by atoms with van der Waals surface area (Å²) >= 11 is 0. The summed E-state index contributed by atoms with van der Waals surface area (Å²) in [5.74, 6) is 4.34. The van der Waals surface area contributed by atoms with Gasteiger partial charge >= 0.3 is 0 Å². The fourth-order valence-electron chi connectivity index (χ4n) is 12.7. The van der Waals surface area contributed by atoms with Crippen molar-refractivity contribution in [3.8, 4) is 0 Å². The van der Waals surface area contributed by atoms with Crippen molar-refractivity contribution in [3.63, 3.8) is 0 Å². The third kappa shape index (κ3) is 2.25. The molecule has 1 saturated heterocycles. The second-order valence-corrected chi connectivity index (χ2v) is 15.2. The molecule has 5 aliphatic carbocycles. The smallest absolute Gasteiger partial charge is 0.0770 e. The molecule has 6 aliphatic rings. The third-order valence-corrected chi connectivity index (χ3v) is 14.2. The summed E-state index contributed by atoms with van der Waals surface area (Å²) in [5.41, 5.74) is 2.74. The molecule has 1 nitrogen and oxygen atoms in total. The minimum Gasteiger partial charge on any atom is -0.374 e. The third-order valence-electron chi connectivity index (χ3n) is 14.2. The number of ether oxygens (including phenoxy) is 1. The quantitative estimate of drug-likeness (QED) is 0.379. The Morgan fingerprint density at radius 1 is 0.613 bits per heavy atom. The van der Waals surface area contributed by atoms with Gasteiger partial charge in [0.25, 0.3) is 0 Å². The molecule has 0 aromatic heterocycles. The van der Waals surface area contributed by atoms with Crippen LogP contribution >= 0.6 is 0 Å². The van der Waals surface area contributed by atoms with Crippen LogP contribution in [0.3, 0.4) is 0 Å². The second kappa shape index (κ2) is 6.14. The number of hydrogen-bond acceptors (Lipinski definition) is 1. The van der Waals surface area contributed by atoms with Gasteiger partial charge in [-0.05, 0) is 115 Å². The van der Waals surface area contributed by atoms with E-state index in [4.69, 9.17) is 4.74 Å². The zero-order chi connectivity index (χ0) is 22.1.